The van der Waals surface area contributed by atoms with Crippen LogP contribution in [-0.2, 0) is 14.3 Å². The first kappa shape index (κ1) is 14.5. The van der Waals surface area contributed by atoms with Crippen LogP contribution in [0.2, 0.25) is 0 Å². The number of ether oxygens (including phenoxy) is 3. The second kappa shape index (κ2) is 6.98. The van der Waals surface area contributed by atoms with Crippen LogP contribution in [0.25, 0.3) is 0 Å². The Morgan fingerprint density at radius 3 is 2.56 bits per heavy atom. The molecule has 0 aliphatic heterocycles. The van der Waals surface area contributed by atoms with Crippen molar-refractivity contribution < 1.29 is 24.1 Å². The van der Waals surface area contributed by atoms with Gasteiger partial charge in [0.25, 0.3) is 0 Å². The summed E-state index contributed by atoms with van der Waals surface area (Å²) in [4.78, 5) is 11.1. The van der Waals surface area contributed by atoms with Gasteiger partial charge in [0, 0.05) is 0 Å². The summed E-state index contributed by atoms with van der Waals surface area (Å²) in [7, 11) is 1.22. The van der Waals surface area contributed by atoms with E-state index in [1.54, 1.807) is 0 Å². The number of hydrogen-bond acceptors (Lipinski definition) is 5. The molecule has 100 valence electrons. The molecule has 1 aromatic rings. The quantitative estimate of drug-likeness (QED) is 0.581. The predicted octanol–water partition coefficient (Wildman–Crippen LogP) is 1.01. The van der Waals surface area contributed by atoms with Gasteiger partial charge in [0.1, 0.15) is 12.4 Å². The Kier molecular flexibility index (Phi) is 5.61. The average molecular weight is 254 g/mol. The van der Waals surface area contributed by atoms with E-state index in [0.29, 0.717) is 6.61 Å². The highest BCUT2D eigenvalue weighted by Gasteiger charge is 2.31. The molecule has 0 fully saturated rings. The second-order valence-corrected chi connectivity index (χ2v) is 3.98. The second-order valence-electron chi connectivity index (χ2n) is 3.98. The van der Waals surface area contributed by atoms with Gasteiger partial charge in [0.15, 0.2) is 5.60 Å². The molecule has 5 heteroatoms. The average Bonchev–Trinajstić information content (AvgIpc) is 2.38. The highest BCUT2D eigenvalue weighted by molar-refractivity contribution is 5.78. The van der Waals surface area contributed by atoms with Gasteiger partial charge in [-0.05, 0) is 19.1 Å². The molecule has 0 amide bonds. The molecular weight excluding hydrogens is 236 g/mol. The highest BCUT2D eigenvalue weighted by Crippen LogP contribution is 2.09. The van der Waals surface area contributed by atoms with Crippen molar-refractivity contribution in [3.05, 3.63) is 30.3 Å². The summed E-state index contributed by atoms with van der Waals surface area (Å²) in [5.74, 6) is 0.0345. The Hall–Kier alpha value is -1.59. The zero-order valence-electron chi connectivity index (χ0n) is 10.6. The summed E-state index contributed by atoms with van der Waals surface area (Å²) in [5.41, 5.74) is -1.62. The monoisotopic (exact) mass is 254 g/mol. The fourth-order valence-electron chi connectivity index (χ4n) is 1.28. The number of carbonyl (C=O) groups excluding carboxylic acids is 1. The van der Waals surface area contributed by atoms with E-state index in [0.717, 1.165) is 5.75 Å². The van der Waals surface area contributed by atoms with E-state index < -0.39 is 11.6 Å². The van der Waals surface area contributed by atoms with Gasteiger partial charge in [-0.2, -0.15) is 0 Å². The fraction of sp³-hybridized carbons (Fsp3) is 0.462. The van der Waals surface area contributed by atoms with Crippen LogP contribution < -0.4 is 4.74 Å². The lowest BCUT2D eigenvalue weighted by molar-refractivity contribution is -0.166. The van der Waals surface area contributed by atoms with Crippen molar-refractivity contribution in [2.75, 3.05) is 26.9 Å². The van der Waals surface area contributed by atoms with Crippen LogP contribution in [0.1, 0.15) is 6.92 Å². The number of para-hydroxylation sites is 1. The topological polar surface area (TPSA) is 65.0 Å². The maximum atomic E-state index is 11.1. The first-order chi connectivity index (χ1) is 8.56. The van der Waals surface area contributed by atoms with E-state index >= 15 is 0 Å². The summed E-state index contributed by atoms with van der Waals surface area (Å²) < 4.78 is 15.0. The van der Waals surface area contributed by atoms with Crippen molar-refractivity contribution in [2.45, 2.75) is 12.5 Å². The third kappa shape index (κ3) is 4.73. The third-order valence-electron chi connectivity index (χ3n) is 2.25. The predicted molar refractivity (Wildman–Crippen MR) is 65.4 cm³/mol. The van der Waals surface area contributed by atoms with E-state index in [2.05, 4.69) is 4.74 Å². The minimum Gasteiger partial charge on any atom is -0.491 e. The zero-order chi connectivity index (χ0) is 13.4. The molecule has 1 aromatic carbocycles. The number of aliphatic hydroxyl groups is 1. The lowest BCUT2D eigenvalue weighted by Crippen LogP contribution is -2.41. The summed E-state index contributed by atoms with van der Waals surface area (Å²) >= 11 is 0. The Balaban J connectivity index is 2.17. The molecule has 0 saturated heterocycles. The van der Waals surface area contributed by atoms with Crippen LogP contribution in [0.4, 0.5) is 0 Å². The smallest absolute Gasteiger partial charge is 0.339 e. The van der Waals surface area contributed by atoms with Crippen LogP contribution in [0.5, 0.6) is 5.75 Å². The lowest BCUT2D eigenvalue weighted by Gasteiger charge is -2.19. The van der Waals surface area contributed by atoms with Crippen LogP contribution in [0, 0.1) is 0 Å². The van der Waals surface area contributed by atoms with E-state index in [1.807, 2.05) is 30.3 Å². The number of methoxy groups -OCH3 is 1. The zero-order valence-corrected chi connectivity index (χ0v) is 10.6. The molecule has 1 atom stereocenters. The summed E-state index contributed by atoms with van der Waals surface area (Å²) in [5, 5.41) is 9.66. The van der Waals surface area contributed by atoms with Gasteiger partial charge < -0.3 is 19.3 Å². The fourth-order valence-corrected chi connectivity index (χ4v) is 1.28. The van der Waals surface area contributed by atoms with Crippen LogP contribution in [-0.4, -0.2) is 43.6 Å². The third-order valence-corrected chi connectivity index (χ3v) is 2.25. The van der Waals surface area contributed by atoms with Crippen molar-refractivity contribution in [3.63, 3.8) is 0 Å². The number of esters is 1. The number of carbonyl (C=O) groups is 1. The Labute approximate surface area is 106 Å². The minimum absolute atomic E-state index is 0.127. The molecule has 5 nitrogen and oxygen atoms in total. The summed E-state index contributed by atoms with van der Waals surface area (Å²) in [6, 6.07) is 9.32. The molecule has 0 radical (unpaired) electrons. The lowest BCUT2D eigenvalue weighted by atomic mass is 10.1. The molecule has 1 rings (SSSR count). The van der Waals surface area contributed by atoms with Crippen LogP contribution >= 0.6 is 0 Å². The molecule has 0 saturated carbocycles. The van der Waals surface area contributed by atoms with Gasteiger partial charge >= 0.3 is 5.97 Å². The Morgan fingerprint density at radius 1 is 1.28 bits per heavy atom. The molecule has 1 N–H and O–H groups in total. The first-order valence-electron chi connectivity index (χ1n) is 5.62. The highest BCUT2D eigenvalue weighted by atomic mass is 16.6. The van der Waals surface area contributed by atoms with Gasteiger partial charge in [-0.1, -0.05) is 18.2 Å². The van der Waals surface area contributed by atoms with Crippen LogP contribution in [0.15, 0.2) is 30.3 Å². The van der Waals surface area contributed by atoms with E-state index in [9.17, 15) is 9.90 Å². The van der Waals surface area contributed by atoms with Gasteiger partial charge in [0.05, 0.1) is 20.3 Å². The molecule has 1 unspecified atom stereocenters. The SMILES string of the molecule is COC(=O)C(C)(O)COCCOc1ccccc1. The molecule has 0 heterocycles. The maximum absolute atomic E-state index is 11.1. The minimum atomic E-state index is -1.62. The Bertz CT molecular complexity index is 361. The van der Waals surface area contributed by atoms with Gasteiger partial charge in [-0.25, -0.2) is 4.79 Å². The molecule has 0 aliphatic rings. The van der Waals surface area contributed by atoms with Gasteiger partial charge in [-0.3, -0.25) is 0 Å². The maximum Gasteiger partial charge on any atom is 0.339 e. The van der Waals surface area contributed by atoms with Crippen molar-refractivity contribution in [1.29, 1.82) is 0 Å². The molecule has 0 spiro atoms. The standard InChI is InChI=1S/C13H18O5/c1-13(15,12(14)16-2)10-17-8-9-18-11-6-4-3-5-7-11/h3-7,15H,8-10H2,1-2H3. The van der Waals surface area contributed by atoms with E-state index in [4.69, 9.17) is 9.47 Å². The van der Waals surface area contributed by atoms with Gasteiger partial charge in [-0.15, -0.1) is 0 Å². The van der Waals surface area contributed by atoms with Crippen molar-refractivity contribution in [2.24, 2.45) is 0 Å². The summed E-state index contributed by atoms with van der Waals surface area (Å²) in [6.07, 6.45) is 0. The number of rotatable bonds is 7. The molecule has 18 heavy (non-hydrogen) atoms. The van der Waals surface area contributed by atoms with Gasteiger partial charge in [0.2, 0.25) is 0 Å². The molecule has 0 bridgehead atoms. The largest absolute Gasteiger partial charge is 0.491 e. The van der Waals surface area contributed by atoms with Crippen molar-refractivity contribution in [3.8, 4) is 5.75 Å². The number of hydrogen-bond donors (Lipinski definition) is 1. The summed E-state index contributed by atoms with van der Waals surface area (Å²) in [6.45, 7) is 1.85. The molecule has 0 aromatic heterocycles. The van der Waals surface area contributed by atoms with Crippen molar-refractivity contribution >= 4 is 5.97 Å². The molecular formula is C13H18O5. The van der Waals surface area contributed by atoms with Crippen molar-refractivity contribution in [1.82, 2.24) is 0 Å². The first-order valence-corrected chi connectivity index (χ1v) is 5.62. The number of benzene rings is 1. The normalized spacial score (nSPS) is 13.7. The molecule has 0 aliphatic carbocycles. The Morgan fingerprint density at radius 2 is 1.94 bits per heavy atom. The van der Waals surface area contributed by atoms with E-state index in [-0.39, 0.29) is 13.2 Å². The van der Waals surface area contributed by atoms with Crippen LogP contribution in [0.3, 0.4) is 0 Å². The van der Waals surface area contributed by atoms with E-state index in [1.165, 1.54) is 14.0 Å².